The Morgan fingerprint density at radius 3 is 2.53 bits per heavy atom. The van der Waals surface area contributed by atoms with Gasteiger partial charge in [-0.05, 0) is 30.3 Å². The van der Waals surface area contributed by atoms with E-state index in [2.05, 4.69) is 5.32 Å². The molecule has 0 spiro atoms. The van der Waals surface area contributed by atoms with E-state index in [0.717, 1.165) is 0 Å². The zero-order valence-corrected chi connectivity index (χ0v) is 10.0. The summed E-state index contributed by atoms with van der Waals surface area (Å²) in [5.41, 5.74) is 7.38. The predicted octanol–water partition coefficient (Wildman–Crippen LogP) is 2.51. The molecule has 0 aliphatic heterocycles. The third-order valence-electron chi connectivity index (χ3n) is 2.36. The number of nitrogens with two attached hydrogens (primary N) is 1. The SMILES string of the molecule is Cn1cc(N)cc1C(=O)Nc1ccc(Cl)cc1. The van der Waals surface area contributed by atoms with Crippen LogP contribution >= 0.6 is 11.6 Å². The lowest BCUT2D eigenvalue weighted by Gasteiger charge is -2.05. The highest BCUT2D eigenvalue weighted by Crippen LogP contribution is 2.15. The van der Waals surface area contributed by atoms with Crippen molar-refractivity contribution in [2.45, 2.75) is 0 Å². The van der Waals surface area contributed by atoms with Crippen molar-refractivity contribution < 1.29 is 4.79 Å². The number of anilines is 2. The number of halogens is 1. The molecule has 0 aliphatic rings. The van der Waals surface area contributed by atoms with Gasteiger partial charge in [0.05, 0.1) is 5.69 Å². The Balaban J connectivity index is 2.17. The third-order valence-corrected chi connectivity index (χ3v) is 2.61. The van der Waals surface area contributed by atoms with Crippen molar-refractivity contribution in [3.8, 4) is 0 Å². The first kappa shape index (κ1) is 11.5. The molecule has 0 saturated carbocycles. The number of carbonyl (C=O) groups excluding carboxylic acids is 1. The van der Waals surface area contributed by atoms with Crippen LogP contribution in [0, 0.1) is 0 Å². The lowest BCUT2D eigenvalue weighted by atomic mass is 10.3. The summed E-state index contributed by atoms with van der Waals surface area (Å²) in [6, 6.07) is 8.55. The second kappa shape index (κ2) is 4.51. The van der Waals surface area contributed by atoms with E-state index in [0.29, 0.717) is 22.1 Å². The van der Waals surface area contributed by atoms with Gasteiger partial charge in [-0.1, -0.05) is 11.6 Å². The Morgan fingerprint density at radius 1 is 1.35 bits per heavy atom. The van der Waals surface area contributed by atoms with Gasteiger partial charge in [-0.15, -0.1) is 0 Å². The fourth-order valence-corrected chi connectivity index (χ4v) is 1.67. The molecule has 0 aliphatic carbocycles. The molecule has 2 rings (SSSR count). The number of nitrogens with one attached hydrogen (secondary N) is 1. The number of hydrogen-bond donors (Lipinski definition) is 2. The van der Waals surface area contributed by atoms with E-state index in [4.69, 9.17) is 17.3 Å². The molecule has 3 N–H and O–H groups in total. The van der Waals surface area contributed by atoms with Crippen LogP contribution in [0.5, 0.6) is 0 Å². The van der Waals surface area contributed by atoms with Crippen LogP contribution in [0.4, 0.5) is 11.4 Å². The summed E-state index contributed by atoms with van der Waals surface area (Å²) in [6.45, 7) is 0. The van der Waals surface area contributed by atoms with Crippen molar-refractivity contribution in [1.29, 1.82) is 0 Å². The second-order valence-corrected chi connectivity index (χ2v) is 4.17. The molecule has 2 aromatic rings. The molecule has 0 saturated heterocycles. The molecule has 1 amide bonds. The summed E-state index contributed by atoms with van der Waals surface area (Å²) < 4.78 is 1.68. The highest BCUT2D eigenvalue weighted by atomic mass is 35.5. The highest BCUT2D eigenvalue weighted by Gasteiger charge is 2.10. The largest absolute Gasteiger partial charge is 0.397 e. The standard InChI is InChI=1S/C12H12ClN3O/c1-16-7-9(14)6-11(16)12(17)15-10-4-2-8(13)3-5-10/h2-7H,14H2,1H3,(H,15,17). The van der Waals surface area contributed by atoms with Crippen LogP contribution in [0.1, 0.15) is 10.5 Å². The molecule has 88 valence electrons. The average Bonchev–Trinajstić information content (AvgIpc) is 2.61. The highest BCUT2D eigenvalue weighted by molar-refractivity contribution is 6.30. The summed E-state index contributed by atoms with van der Waals surface area (Å²) in [5.74, 6) is -0.202. The first-order valence-electron chi connectivity index (χ1n) is 5.05. The monoisotopic (exact) mass is 249 g/mol. The fraction of sp³-hybridized carbons (Fsp3) is 0.0833. The molecular formula is C12H12ClN3O. The number of nitrogens with zero attached hydrogens (tertiary/aromatic N) is 1. The van der Waals surface area contributed by atoms with Gasteiger partial charge < -0.3 is 15.6 Å². The van der Waals surface area contributed by atoms with Gasteiger partial charge in [0.15, 0.2) is 0 Å². The third kappa shape index (κ3) is 2.60. The van der Waals surface area contributed by atoms with Crippen LogP contribution in [0.25, 0.3) is 0 Å². The number of aromatic nitrogens is 1. The van der Waals surface area contributed by atoms with Crippen molar-refractivity contribution in [2.75, 3.05) is 11.1 Å². The van der Waals surface area contributed by atoms with Gasteiger partial charge in [0.2, 0.25) is 0 Å². The van der Waals surface area contributed by atoms with Crippen molar-refractivity contribution >= 4 is 28.9 Å². The Kier molecular flexibility index (Phi) is 3.06. The summed E-state index contributed by atoms with van der Waals surface area (Å²) in [4.78, 5) is 11.9. The summed E-state index contributed by atoms with van der Waals surface area (Å²) in [7, 11) is 1.77. The molecule has 1 aromatic heterocycles. The van der Waals surface area contributed by atoms with Gasteiger partial charge in [-0.2, -0.15) is 0 Å². The van der Waals surface area contributed by atoms with Gasteiger partial charge in [0.25, 0.3) is 5.91 Å². The van der Waals surface area contributed by atoms with E-state index < -0.39 is 0 Å². The average molecular weight is 250 g/mol. The van der Waals surface area contributed by atoms with Crippen LogP contribution in [-0.4, -0.2) is 10.5 Å². The molecule has 0 unspecified atom stereocenters. The number of benzene rings is 1. The maximum Gasteiger partial charge on any atom is 0.272 e. The lowest BCUT2D eigenvalue weighted by molar-refractivity contribution is 0.101. The number of aryl methyl sites for hydroxylation is 1. The Bertz CT molecular complexity index is 545. The minimum atomic E-state index is -0.202. The van der Waals surface area contributed by atoms with Gasteiger partial charge in [0.1, 0.15) is 5.69 Å². The topological polar surface area (TPSA) is 60.0 Å². The van der Waals surface area contributed by atoms with Gasteiger partial charge in [-0.3, -0.25) is 4.79 Å². The van der Waals surface area contributed by atoms with Crippen LogP contribution in [0.2, 0.25) is 5.02 Å². The fourth-order valence-electron chi connectivity index (χ4n) is 1.54. The molecule has 17 heavy (non-hydrogen) atoms. The molecule has 4 nitrogen and oxygen atoms in total. The molecule has 0 fully saturated rings. The van der Waals surface area contributed by atoms with Crippen molar-refractivity contribution in [3.63, 3.8) is 0 Å². The van der Waals surface area contributed by atoms with E-state index in [1.807, 2.05) is 0 Å². The molecule has 0 bridgehead atoms. The van der Waals surface area contributed by atoms with Gasteiger partial charge in [-0.25, -0.2) is 0 Å². The number of nitrogen functional groups attached to an aromatic ring is 1. The molecule has 5 heteroatoms. The Labute approximate surface area is 104 Å². The minimum Gasteiger partial charge on any atom is -0.397 e. The van der Waals surface area contributed by atoms with E-state index in [1.54, 1.807) is 48.1 Å². The van der Waals surface area contributed by atoms with E-state index in [9.17, 15) is 4.79 Å². The first-order chi connectivity index (χ1) is 8.06. The molecule has 1 aromatic carbocycles. The maximum atomic E-state index is 11.9. The van der Waals surface area contributed by atoms with Crippen LogP contribution in [0.15, 0.2) is 36.5 Å². The van der Waals surface area contributed by atoms with Crippen molar-refractivity contribution in [2.24, 2.45) is 7.05 Å². The normalized spacial score (nSPS) is 10.2. The summed E-state index contributed by atoms with van der Waals surface area (Å²) in [5, 5.41) is 3.40. The van der Waals surface area contributed by atoms with Crippen LogP contribution in [-0.2, 0) is 7.05 Å². The van der Waals surface area contributed by atoms with E-state index in [1.165, 1.54) is 0 Å². The zero-order chi connectivity index (χ0) is 12.4. The number of rotatable bonds is 2. The lowest BCUT2D eigenvalue weighted by Crippen LogP contribution is -2.15. The number of hydrogen-bond acceptors (Lipinski definition) is 2. The summed E-state index contributed by atoms with van der Waals surface area (Å²) >= 11 is 5.76. The summed E-state index contributed by atoms with van der Waals surface area (Å²) in [6.07, 6.45) is 1.69. The molecule has 0 radical (unpaired) electrons. The quantitative estimate of drug-likeness (QED) is 0.859. The maximum absolute atomic E-state index is 11.9. The second-order valence-electron chi connectivity index (χ2n) is 3.73. The Hall–Kier alpha value is -1.94. The van der Waals surface area contributed by atoms with Crippen LogP contribution in [0.3, 0.4) is 0 Å². The van der Waals surface area contributed by atoms with Gasteiger partial charge in [0, 0.05) is 24.0 Å². The van der Waals surface area contributed by atoms with Crippen molar-refractivity contribution in [3.05, 3.63) is 47.2 Å². The van der Waals surface area contributed by atoms with Crippen LogP contribution < -0.4 is 11.1 Å². The number of amides is 1. The smallest absolute Gasteiger partial charge is 0.272 e. The number of carbonyl (C=O) groups is 1. The van der Waals surface area contributed by atoms with E-state index >= 15 is 0 Å². The minimum absolute atomic E-state index is 0.202. The zero-order valence-electron chi connectivity index (χ0n) is 9.27. The van der Waals surface area contributed by atoms with Crippen molar-refractivity contribution in [1.82, 2.24) is 4.57 Å². The van der Waals surface area contributed by atoms with E-state index in [-0.39, 0.29) is 5.91 Å². The molecule has 1 heterocycles. The Morgan fingerprint density at radius 2 is 2.00 bits per heavy atom. The van der Waals surface area contributed by atoms with Gasteiger partial charge >= 0.3 is 0 Å². The molecular weight excluding hydrogens is 238 g/mol. The molecule has 0 atom stereocenters. The predicted molar refractivity (Wildman–Crippen MR) is 69.2 cm³/mol. The first-order valence-corrected chi connectivity index (χ1v) is 5.43.